The van der Waals surface area contributed by atoms with E-state index in [1.54, 1.807) is 0 Å². The summed E-state index contributed by atoms with van der Waals surface area (Å²) >= 11 is 0. The summed E-state index contributed by atoms with van der Waals surface area (Å²) in [6, 6.07) is -0.699. The predicted octanol–water partition coefficient (Wildman–Crippen LogP) is -13.9. The molecule has 25 atom stereocenters. The fraction of sp³-hybridized carbons (Fsp3) is 0.972. The van der Waals surface area contributed by atoms with Crippen molar-refractivity contribution in [3.05, 3.63) is 0 Å². The number of aliphatic carboxylic acids is 1. The predicted molar refractivity (Wildman–Crippen MR) is 211 cm³/mol. The Kier molecular flexibility index (Phi) is 28.0. The Bertz CT molecular complexity index is 1310. The first kappa shape index (κ1) is 63.3. The van der Waals surface area contributed by atoms with E-state index in [-0.39, 0.29) is 5.92 Å². The van der Waals surface area contributed by atoms with E-state index in [4.69, 9.17) is 90.3 Å². The Hall–Kier alpha value is -1.69. The highest BCUT2D eigenvalue weighted by Gasteiger charge is 2.58. The van der Waals surface area contributed by atoms with Gasteiger partial charge >= 0.3 is 5.97 Å². The lowest BCUT2D eigenvalue weighted by Gasteiger charge is -2.44. The summed E-state index contributed by atoms with van der Waals surface area (Å²) < 4.78 is 30.8. The van der Waals surface area contributed by atoms with Gasteiger partial charge in [-0.05, 0) is 5.92 Å². The zero-order valence-corrected chi connectivity index (χ0v) is 36.2. The zero-order valence-electron chi connectivity index (χ0n) is 36.2. The first-order valence-corrected chi connectivity index (χ1v) is 20.7. The Morgan fingerprint density at radius 3 is 1.16 bits per heavy atom. The molecule has 400 valence electrons. The SMILES string of the molecule is CCC(C)C(N)C(=O)O.OC[C@@H](O)[C@@H](O)[C@H](O)[C@H](O)CO.OC[C@H]1O[C@@](CO)(O[C@H]2O[C@H](CO)[C@@H](O)[C@H](O)[C@H]2O)[C@@H](O)[C@@H]1O.OC[C@H]1O[C@H](O[C@H]2O[C@H](CO)[C@@H](O)[C@H](O)[C@H]2O)[C@H](O)[C@@H](O)[C@@H]1O. The number of carbonyl (C=O) groups is 1. The number of carboxylic acid groups (broad SMARTS) is 1. The Morgan fingerprint density at radius 2 is 0.896 bits per heavy atom. The van der Waals surface area contributed by atoms with Crippen molar-refractivity contribution < 1.29 is 151 Å². The number of aliphatic hydroxyl groups is 22. The normalized spacial score (nSPS) is 41.4. The van der Waals surface area contributed by atoms with Gasteiger partial charge in [-0.2, -0.15) is 0 Å². The molecule has 4 rings (SSSR count). The smallest absolute Gasteiger partial charge is 0.320 e. The van der Waals surface area contributed by atoms with Crippen molar-refractivity contribution in [3.8, 4) is 0 Å². The molecular weight excluding hydrogens is 926 g/mol. The standard InChI is InChI=1S/2C12H22O11.C6H13NO2.C6H14O6/c13-1-4-6(16)8(18)9(19)11(21-4)23-12(3-15)10(20)7(17)5(2-14)22-12;13-1-3-5(15)7(17)9(19)11(21-3)23-12-10(20)8(18)6(16)4(2-14)22-12;1-3-4(2)5(7)6(8)9;7-1-3(9)5(11)6(12)4(10)2-8/h4-11,13-20H,1-3H2;3-20H,1-2H2;4-5H,3,7H2,1-2H3,(H,8,9);3-12H,1-2H2/t4-,5-,6-,7-,8+,9-,10+,11-,12+;3-,4-,5-,6-,7+,8+,9-,10-,11-,12-;;3-,4-,5-,6-/m11.1/s1. The number of carboxylic acids is 1. The van der Waals surface area contributed by atoms with Crippen LogP contribution in [0.25, 0.3) is 0 Å². The maximum atomic E-state index is 10.2. The van der Waals surface area contributed by atoms with Gasteiger partial charge in [-0.1, -0.05) is 20.3 Å². The molecule has 4 aliphatic rings. The average molecular weight is 998 g/mol. The van der Waals surface area contributed by atoms with E-state index >= 15 is 0 Å². The molecule has 67 heavy (non-hydrogen) atoms. The van der Waals surface area contributed by atoms with Crippen LogP contribution in [0.3, 0.4) is 0 Å². The molecule has 0 spiro atoms. The van der Waals surface area contributed by atoms with Gasteiger partial charge < -0.3 is 152 Å². The van der Waals surface area contributed by atoms with E-state index in [9.17, 15) is 66.1 Å². The van der Waals surface area contributed by atoms with Gasteiger partial charge in [0.25, 0.3) is 0 Å². The van der Waals surface area contributed by atoms with Crippen molar-refractivity contribution in [2.75, 3.05) is 46.2 Å². The van der Waals surface area contributed by atoms with Crippen molar-refractivity contribution in [2.24, 2.45) is 11.7 Å². The summed E-state index contributed by atoms with van der Waals surface area (Å²) in [6.45, 7) is -1.35. The van der Waals surface area contributed by atoms with Gasteiger partial charge in [0.1, 0.15) is 129 Å². The van der Waals surface area contributed by atoms with Gasteiger partial charge in [-0.25, -0.2) is 0 Å². The molecule has 4 fully saturated rings. The minimum atomic E-state index is -2.22. The van der Waals surface area contributed by atoms with E-state index in [1.807, 2.05) is 13.8 Å². The first-order valence-electron chi connectivity index (χ1n) is 20.7. The highest BCUT2D eigenvalue weighted by molar-refractivity contribution is 5.73. The Labute approximate surface area is 381 Å². The van der Waals surface area contributed by atoms with Crippen molar-refractivity contribution in [2.45, 2.75) is 167 Å². The van der Waals surface area contributed by atoms with Gasteiger partial charge in [-0.3, -0.25) is 4.79 Å². The highest BCUT2D eigenvalue weighted by atomic mass is 16.8. The van der Waals surface area contributed by atoms with Gasteiger partial charge in [0, 0.05) is 0 Å². The van der Waals surface area contributed by atoms with E-state index in [2.05, 4.69) is 0 Å². The third-order valence-corrected chi connectivity index (χ3v) is 11.1. The van der Waals surface area contributed by atoms with E-state index in [0.29, 0.717) is 0 Å². The summed E-state index contributed by atoms with van der Waals surface area (Å²) in [6.07, 6.45) is -33.8. The molecule has 4 saturated heterocycles. The minimum Gasteiger partial charge on any atom is -0.480 e. The number of hydrogen-bond donors (Lipinski definition) is 24. The molecule has 0 amide bonds. The second-order valence-electron chi connectivity index (χ2n) is 15.8. The van der Waals surface area contributed by atoms with E-state index < -0.39 is 199 Å². The van der Waals surface area contributed by atoms with Crippen LogP contribution in [0.5, 0.6) is 0 Å². The second kappa shape index (κ2) is 29.6. The lowest BCUT2D eigenvalue weighted by molar-refractivity contribution is -0.383. The van der Waals surface area contributed by atoms with Crippen LogP contribution in [0.15, 0.2) is 0 Å². The van der Waals surface area contributed by atoms with Crippen LogP contribution in [0.4, 0.5) is 0 Å². The van der Waals surface area contributed by atoms with E-state index in [0.717, 1.165) is 6.42 Å². The van der Waals surface area contributed by atoms with Crippen molar-refractivity contribution in [3.63, 3.8) is 0 Å². The van der Waals surface area contributed by atoms with Crippen LogP contribution in [0.2, 0.25) is 0 Å². The van der Waals surface area contributed by atoms with Crippen molar-refractivity contribution >= 4 is 5.97 Å². The molecule has 25 N–H and O–H groups in total. The molecule has 0 saturated carbocycles. The molecule has 0 aliphatic carbocycles. The number of ether oxygens (including phenoxy) is 6. The van der Waals surface area contributed by atoms with Gasteiger partial charge in [0.05, 0.1) is 39.6 Å². The quantitative estimate of drug-likeness (QED) is 0.0643. The molecule has 4 heterocycles. The number of rotatable bonds is 17. The zero-order chi connectivity index (χ0) is 51.8. The second-order valence-corrected chi connectivity index (χ2v) is 15.8. The third kappa shape index (κ3) is 16.4. The van der Waals surface area contributed by atoms with Crippen LogP contribution in [0.1, 0.15) is 20.3 Å². The van der Waals surface area contributed by atoms with Gasteiger partial charge in [-0.15, -0.1) is 0 Å². The maximum Gasteiger partial charge on any atom is 0.320 e. The number of nitrogens with two attached hydrogens (primary N) is 1. The minimum absolute atomic E-state index is 0.0718. The Morgan fingerprint density at radius 1 is 0.552 bits per heavy atom. The lowest BCUT2D eigenvalue weighted by Crippen LogP contribution is -2.63. The summed E-state index contributed by atoms with van der Waals surface area (Å²) in [4.78, 5) is 10.2. The van der Waals surface area contributed by atoms with Crippen molar-refractivity contribution in [1.82, 2.24) is 0 Å². The third-order valence-electron chi connectivity index (χ3n) is 11.1. The largest absolute Gasteiger partial charge is 0.480 e. The van der Waals surface area contributed by atoms with Crippen LogP contribution >= 0.6 is 0 Å². The van der Waals surface area contributed by atoms with Gasteiger partial charge in [0.2, 0.25) is 5.79 Å². The molecule has 31 heteroatoms. The number of hydrogen-bond acceptors (Lipinski definition) is 30. The summed E-state index contributed by atoms with van der Waals surface area (Å²) in [5, 5.41) is 214. The molecule has 0 bridgehead atoms. The van der Waals surface area contributed by atoms with Crippen LogP contribution < -0.4 is 5.73 Å². The number of aliphatic hydroxyl groups excluding tert-OH is 22. The molecule has 31 nitrogen and oxygen atoms in total. The van der Waals surface area contributed by atoms with Crippen LogP contribution in [0, 0.1) is 5.92 Å². The first-order chi connectivity index (χ1) is 31.2. The molecule has 4 aliphatic heterocycles. The lowest BCUT2D eigenvalue weighted by atomic mass is 9.98. The highest BCUT2D eigenvalue weighted by Crippen LogP contribution is 2.36. The van der Waals surface area contributed by atoms with Gasteiger partial charge in [0.15, 0.2) is 18.9 Å². The monoisotopic (exact) mass is 997 g/mol. The summed E-state index contributed by atoms with van der Waals surface area (Å²) in [7, 11) is 0. The molecule has 0 radical (unpaired) electrons. The van der Waals surface area contributed by atoms with Crippen LogP contribution in [-0.2, 0) is 33.2 Å². The Balaban J connectivity index is 0.000000479. The van der Waals surface area contributed by atoms with Crippen LogP contribution in [-0.4, -0.2) is 316 Å². The fourth-order valence-electron chi connectivity index (χ4n) is 6.29. The molecule has 0 aromatic carbocycles. The summed E-state index contributed by atoms with van der Waals surface area (Å²) in [5.41, 5.74) is 5.27. The molecule has 0 aromatic heterocycles. The maximum absolute atomic E-state index is 10.2. The topological polar surface area (TPSA) is 564 Å². The van der Waals surface area contributed by atoms with Crippen molar-refractivity contribution in [1.29, 1.82) is 0 Å². The fourth-order valence-corrected chi connectivity index (χ4v) is 6.29. The molecule has 2 unspecified atom stereocenters. The molecule has 0 aromatic rings. The van der Waals surface area contributed by atoms with E-state index in [1.165, 1.54) is 0 Å². The molecular formula is C36H71NO30. The summed E-state index contributed by atoms with van der Waals surface area (Å²) in [5.74, 6) is -3.06. The average Bonchev–Trinajstić information content (AvgIpc) is 3.57.